The van der Waals surface area contributed by atoms with Crippen LogP contribution in [0, 0.1) is 0 Å². The monoisotopic (exact) mass is 237 g/mol. The standard InChI is InChI=1S/C13H19NO3/c1-14(2)9-10-4-6-12(17-3)11(8-10)5-7-13(15)16/h4,6,8H,5,7,9H2,1-3H3,(H,15,16). The lowest BCUT2D eigenvalue weighted by molar-refractivity contribution is -0.136. The number of carboxylic acids is 1. The van der Waals surface area contributed by atoms with Crippen LogP contribution in [0.5, 0.6) is 5.75 Å². The Hall–Kier alpha value is -1.55. The molecule has 4 nitrogen and oxygen atoms in total. The number of methoxy groups -OCH3 is 1. The second-order valence-electron chi connectivity index (χ2n) is 4.28. The molecule has 0 aliphatic heterocycles. The van der Waals surface area contributed by atoms with E-state index >= 15 is 0 Å². The van der Waals surface area contributed by atoms with Crippen LogP contribution in [0.4, 0.5) is 0 Å². The Morgan fingerprint density at radius 2 is 2.12 bits per heavy atom. The minimum absolute atomic E-state index is 0.127. The van der Waals surface area contributed by atoms with Gasteiger partial charge in [0.2, 0.25) is 0 Å². The zero-order valence-corrected chi connectivity index (χ0v) is 10.6. The maximum absolute atomic E-state index is 10.6. The molecule has 0 aromatic heterocycles. The van der Waals surface area contributed by atoms with E-state index in [0.717, 1.165) is 23.4 Å². The van der Waals surface area contributed by atoms with E-state index in [2.05, 4.69) is 4.90 Å². The number of rotatable bonds is 6. The Kier molecular flexibility index (Phi) is 4.97. The lowest BCUT2D eigenvalue weighted by Crippen LogP contribution is -2.11. The predicted octanol–water partition coefficient (Wildman–Crippen LogP) is 1.77. The van der Waals surface area contributed by atoms with Gasteiger partial charge in [-0.2, -0.15) is 0 Å². The molecule has 0 aliphatic rings. The average Bonchev–Trinajstić information content (AvgIpc) is 2.25. The van der Waals surface area contributed by atoms with Gasteiger partial charge in [-0.3, -0.25) is 4.79 Å². The summed E-state index contributed by atoms with van der Waals surface area (Å²) in [5.74, 6) is -0.0289. The number of ether oxygens (including phenoxy) is 1. The summed E-state index contributed by atoms with van der Waals surface area (Å²) >= 11 is 0. The van der Waals surface area contributed by atoms with Crippen LogP contribution in [-0.2, 0) is 17.8 Å². The van der Waals surface area contributed by atoms with Crippen LogP contribution in [0.2, 0.25) is 0 Å². The molecule has 0 unspecified atom stereocenters. The van der Waals surface area contributed by atoms with E-state index in [1.165, 1.54) is 0 Å². The van der Waals surface area contributed by atoms with E-state index in [4.69, 9.17) is 9.84 Å². The molecule has 0 aliphatic carbocycles. The highest BCUT2D eigenvalue weighted by Crippen LogP contribution is 2.22. The molecule has 94 valence electrons. The van der Waals surface area contributed by atoms with E-state index in [1.807, 2.05) is 32.3 Å². The molecule has 0 bridgehead atoms. The normalized spacial score (nSPS) is 10.6. The van der Waals surface area contributed by atoms with Crippen molar-refractivity contribution in [2.24, 2.45) is 0 Å². The Balaban J connectivity index is 2.85. The smallest absolute Gasteiger partial charge is 0.303 e. The molecule has 17 heavy (non-hydrogen) atoms. The summed E-state index contributed by atoms with van der Waals surface area (Å²) in [7, 11) is 5.60. The summed E-state index contributed by atoms with van der Waals surface area (Å²) in [6, 6.07) is 5.92. The minimum Gasteiger partial charge on any atom is -0.496 e. The first kappa shape index (κ1) is 13.5. The molecule has 1 aromatic carbocycles. The van der Waals surface area contributed by atoms with Crippen molar-refractivity contribution in [3.63, 3.8) is 0 Å². The van der Waals surface area contributed by atoms with E-state index < -0.39 is 5.97 Å². The van der Waals surface area contributed by atoms with Crippen molar-refractivity contribution in [3.8, 4) is 5.75 Å². The second-order valence-corrected chi connectivity index (χ2v) is 4.28. The third-order valence-corrected chi connectivity index (χ3v) is 2.45. The summed E-state index contributed by atoms with van der Waals surface area (Å²) < 4.78 is 5.23. The number of carbonyl (C=O) groups is 1. The topological polar surface area (TPSA) is 49.8 Å². The van der Waals surface area contributed by atoms with Crippen LogP contribution in [0.15, 0.2) is 18.2 Å². The van der Waals surface area contributed by atoms with Crippen LogP contribution in [0.1, 0.15) is 17.5 Å². The van der Waals surface area contributed by atoms with Crippen molar-refractivity contribution in [2.45, 2.75) is 19.4 Å². The van der Waals surface area contributed by atoms with E-state index in [-0.39, 0.29) is 6.42 Å². The zero-order valence-electron chi connectivity index (χ0n) is 10.6. The van der Waals surface area contributed by atoms with Crippen molar-refractivity contribution < 1.29 is 14.6 Å². The van der Waals surface area contributed by atoms with E-state index in [0.29, 0.717) is 6.42 Å². The zero-order chi connectivity index (χ0) is 12.8. The molecule has 1 aromatic rings. The summed E-state index contributed by atoms with van der Waals surface area (Å²) in [5, 5.41) is 8.70. The number of aryl methyl sites for hydroxylation is 1. The summed E-state index contributed by atoms with van der Waals surface area (Å²) in [6.07, 6.45) is 0.627. The Morgan fingerprint density at radius 1 is 1.41 bits per heavy atom. The van der Waals surface area contributed by atoms with Crippen molar-refractivity contribution in [1.82, 2.24) is 4.90 Å². The first-order valence-corrected chi connectivity index (χ1v) is 5.55. The summed E-state index contributed by atoms with van der Waals surface area (Å²) in [6.45, 7) is 0.837. The lowest BCUT2D eigenvalue weighted by Gasteiger charge is -2.13. The van der Waals surface area contributed by atoms with Crippen molar-refractivity contribution in [1.29, 1.82) is 0 Å². The molecular weight excluding hydrogens is 218 g/mol. The first-order valence-electron chi connectivity index (χ1n) is 5.55. The number of carboxylic acid groups (broad SMARTS) is 1. The van der Waals surface area contributed by atoms with Crippen LogP contribution in [0.25, 0.3) is 0 Å². The van der Waals surface area contributed by atoms with Gasteiger partial charge < -0.3 is 14.7 Å². The Labute approximate surface area is 102 Å². The molecule has 0 spiro atoms. The molecule has 4 heteroatoms. The molecule has 0 atom stereocenters. The molecule has 0 amide bonds. The molecular formula is C13H19NO3. The number of aliphatic carboxylic acids is 1. The van der Waals surface area contributed by atoms with Gasteiger partial charge in [-0.05, 0) is 37.7 Å². The van der Waals surface area contributed by atoms with Gasteiger partial charge in [0.15, 0.2) is 0 Å². The molecule has 0 saturated heterocycles. The van der Waals surface area contributed by atoms with Crippen LogP contribution in [0.3, 0.4) is 0 Å². The number of nitrogens with zero attached hydrogens (tertiary/aromatic N) is 1. The highest BCUT2D eigenvalue weighted by Gasteiger charge is 2.07. The number of hydrogen-bond donors (Lipinski definition) is 1. The summed E-state index contributed by atoms with van der Waals surface area (Å²) in [5.41, 5.74) is 2.12. The number of hydrogen-bond acceptors (Lipinski definition) is 3. The Morgan fingerprint density at radius 3 is 2.65 bits per heavy atom. The Bertz CT molecular complexity index is 388. The highest BCUT2D eigenvalue weighted by atomic mass is 16.5. The van der Waals surface area contributed by atoms with Crippen LogP contribution < -0.4 is 4.74 Å². The molecule has 0 saturated carbocycles. The average molecular weight is 237 g/mol. The van der Waals surface area contributed by atoms with Gasteiger partial charge in [0.25, 0.3) is 0 Å². The molecule has 0 radical (unpaired) electrons. The van der Waals surface area contributed by atoms with Gasteiger partial charge in [-0.1, -0.05) is 12.1 Å². The van der Waals surface area contributed by atoms with Gasteiger partial charge in [-0.15, -0.1) is 0 Å². The largest absolute Gasteiger partial charge is 0.496 e. The van der Waals surface area contributed by atoms with E-state index in [9.17, 15) is 4.79 Å². The maximum atomic E-state index is 10.6. The lowest BCUT2D eigenvalue weighted by atomic mass is 10.0. The predicted molar refractivity (Wildman–Crippen MR) is 66.3 cm³/mol. The minimum atomic E-state index is -0.787. The first-order chi connectivity index (χ1) is 8.02. The fourth-order valence-electron chi connectivity index (χ4n) is 1.73. The third-order valence-electron chi connectivity index (χ3n) is 2.45. The highest BCUT2D eigenvalue weighted by molar-refractivity contribution is 5.67. The molecule has 1 rings (SSSR count). The van der Waals surface area contributed by atoms with Crippen LogP contribution >= 0.6 is 0 Å². The van der Waals surface area contributed by atoms with Gasteiger partial charge in [0, 0.05) is 13.0 Å². The SMILES string of the molecule is COc1ccc(CN(C)C)cc1CCC(=O)O. The quantitative estimate of drug-likeness (QED) is 0.819. The maximum Gasteiger partial charge on any atom is 0.303 e. The van der Waals surface area contributed by atoms with Crippen molar-refractivity contribution in [3.05, 3.63) is 29.3 Å². The van der Waals surface area contributed by atoms with Crippen molar-refractivity contribution in [2.75, 3.05) is 21.2 Å². The molecule has 0 heterocycles. The molecule has 1 N–H and O–H groups in total. The molecule has 0 fully saturated rings. The van der Waals surface area contributed by atoms with Gasteiger partial charge in [0.1, 0.15) is 5.75 Å². The van der Waals surface area contributed by atoms with Gasteiger partial charge >= 0.3 is 5.97 Å². The van der Waals surface area contributed by atoms with Gasteiger partial charge in [0.05, 0.1) is 7.11 Å². The number of benzene rings is 1. The van der Waals surface area contributed by atoms with Gasteiger partial charge in [-0.25, -0.2) is 0 Å². The third kappa shape index (κ3) is 4.44. The van der Waals surface area contributed by atoms with Crippen molar-refractivity contribution >= 4 is 5.97 Å². The second kappa shape index (κ2) is 6.25. The fourth-order valence-corrected chi connectivity index (χ4v) is 1.73. The fraction of sp³-hybridized carbons (Fsp3) is 0.462. The van der Waals surface area contributed by atoms with Crippen LogP contribution in [-0.4, -0.2) is 37.2 Å². The van der Waals surface area contributed by atoms with E-state index in [1.54, 1.807) is 7.11 Å². The summed E-state index contributed by atoms with van der Waals surface area (Å²) in [4.78, 5) is 12.7.